The molecule has 3 nitrogen and oxygen atoms in total. The van der Waals surface area contributed by atoms with Gasteiger partial charge in [0.2, 0.25) is 5.89 Å². The first-order chi connectivity index (χ1) is 9.76. The van der Waals surface area contributed by atoms with Gasteiger partial charge in [-0.05, 0) is 19.1 Å². The fourth-order valence-corrected chi connectivity index (χ4v) is 1.96. The Morgan fingerprint density at radius 1 is 0.950 bits per heavy atom. The van der Waals surface area contributed by atoms with Crippen LogP contribution in [0.3, 0.4) is 0 Å². The van der Waals surface area contributed by atoms with Crippen LogP contribution in [-0.4, -0.2) is 11.3 Å². The smallest absolute Gasteiger partial charge is 0.226 e. The molecule has 0 aliphatic rings. The van der Waals surface area contributed by atoms with Crippen LogP contribution in [-0.2, 0) is 0 Å². The van der Waals surface area contributed by atoms with Gasteiger partial charge in [-0.3, -0.25) is 4.79 Å². The number of aromatic nitrogens is 1. The fraction of sp³-hybridized carbons (Fsp3) is 0.0588. The van der Waals surface area contributed by atoms with Crippen LogP contribution in [0.5, 0.6) is 0 Å². The summed E-state index contributed by atoms with van der Waals surface area (Å²) in [6, 6.07) is 15.2. The molecule has 0 fully saturated rings. The third-order valence-corrected chi connectivity index (χ3v) is 3.14. The molecule has 0 radical (unpaired) electrons. The largest absolute Gasteiger partial charge is 0.436 e. The summed E-state index contributed by atoms with van der Waals surface area (Å²) in [4.78, 5) is 14.9. The highest BCUT2D eigenvalue weighted by Gasteiger charge is 2.08. The van der Waals surface area contributed by atoms with E-state index < -0.39 is 0 Å². The highest BCUT2D eigenvalue weighted by Crippen LogP contribution is 2.26. The second kappa shape index (κ2) is 5.13. The van der Waals surface area contributed by atoms with Crippen molar-refractivity contribution in [3.63, 3.8) is 0 Å². The van der Waals surface area contributed by atoms with Crippen molar-refractivity contribution in [2.75, 3.05) is 0 Å². The summed E-state index contributed by atoms with van der Waals surface area (Å²) in [5, 5.41) is 0. The van der Waals surface area contributed by atoms with Crippen molar-refractivity contribution < 1.29 is 9.21 Å². The van der Waals surface area contributed by atoms with Gasteiger partial charge in [0.1, 0.15) is 6.29 Å². The molecular formula is C17H13NO2. The molecule has 0 N–H and O–H groups in total. The van der Waals surface area contributed by atoms with E-state index >= 15 is 0 Å². The predicted molar refractivity (Wildman–Crippen MR) is 77.5 cm³/mol. The van der Waals surface area contributed by atoms with Gasteiger partial charge in [0, 0.05) is 16.7 Å². The molecule has 98 valence electrons. The van der Waals surface area contributed by atoms with Crippen LogP contribution in [0.25, 0.3) is 22.8 Å². The first-order valence-electron chi connectivity index (χ1n) is 6.35. The Bertz CT molecular complexity index is 724. The molecule has 2 aromatic carbocycles. The molecule has 0 aliphatic heterocycles. The van der Waals surface area contributed by atoms with E-state index in [1.54, 1.807) is 18.3 Å². The van der Waals surface area contributed by atoms with E-state index in [9.17, 15) is 4.79 Å². The summed E-state index contributed by atoms with van der Waals surface area (Å²) in [6.45, 7) is 2.05. The van der Waals surface area contributed by atoms with Gasteiger partial charge in [-0.25, -0.2) is 4.98 Å². The lowest BCUT2D eigenvalue weighted by Crippen LogP contribution is -1.80. The number of rotatable bonds is 3. The van der Waals surface area contributed by atoms with Crippen molar-refractivity contribution in [2.45, 2.75) is 6.92 Å². The highest BCUT2D eigenvalue weighted by atomic mass is 16.4. The molecule has 0 saturated carbocycles. The van der Waals surface area contributed by atoms with E-state index in [1.807, 2.05) is 43.3 Å². The summed E-state index contributed by atoms with van der Waals surface area (Å²) < 4.78 is 5.77. The third-order valence-electron chi connectivity index (χ3n) is 3.14. The van der Waals surface area contributed by atoms with Crippen LogP contribution in [0.1, 0.15) is 15.9 Å². The summed E-state index contributed by atoms with van der Waals surface area (Å²) in [7, 11) is 0. The number of aryl methyl sites for hydroxylation is 1. The Morgan fingerprint density at radius 3 is 2.25 bits per heavy atom. The SMILES string of the molecule is Cc1ccc(-c2cnc(-c3ccc(C=O)cc3)o2)cc1. The Labute approximate surface area is 116 Å². The van der Waals surface area contributed by atoms with Gasteiger partial charge >= 0.3 is 0 Å². The topological polar surface area (TPSA) is 43.1 Å². The molecule has 3 rings (SSSR count). The van der Waals surface area contributed by atoms with Gasteiger partial charge in [-0.15, -0.1) is 0 Å². The number of benzene rings is 2. The maximum absolute atomic E-state index is 10.6. The van der Waals surface area contributed by atoms with Crippen molar-refractivity contribution in [1.82, 2.24) is 4.98 Å². The molecule has 1 heterocycles. The normalized spacial score (nSPS) is 10.4. The lowest BCUT2D eigenvalue weighted by molar-refractivity contribution is 0.112. The monoisotopic (exact) mass is 263 g/mol. The van der Waals surface area contributed by atoms with Crippen molar-refractivity contribution in [2.24, 2.45) is 0 Å². The molecule has 0 unspecified atom stereocenters. The molecule has 1 aromatic heterocycles. The quantitative estimate of drug-likeness (QED) is 0.667. The number of aldehydes is 1. The molecule has 0 bridgehead atoms. The molecule has 0 saturated heterocycles. The minimum atomic E-state index is 0.554. The maximum atomic E-state index is 10.6. The molecule has 20 heavy (non-hydrogen) atoms. The minimum Gasteiger partial charge on any atom is -0.436 e. The number of oxazole rings is 1. The number of carbonyl (C=O) groups excluding carboxylic acids is 1. The molecule has 0 amide bonds. The van der Waals surface area contributed by atoms with Crippen LogP contribution < -0.4 is 0 Å². The first-order valence-corrected chi connectivity index (χ1v) is 6.35. The Hall–Kier alpha value is -2.68. The molecular weight excluding hydrogens is 250 g/mol. The average molecular weight is 263 g/mol. The lowest BCUT2D eigenvalue weighted by Gasteiger charge is -1.98. The zero-order valence-corrected chi connectivity index (χ0v) is 11.0. The van der Waals surface area contributed by atoms with Crippen LogP contribution in [0.2, 0.25) is 0 Å². The maximum Gasteiger partial charge on any atom is 0.226 e. The highest BCUT2D eigenvalue weighted by molar-refractivity contribution is 5.76. The van der Waals surface area contributed by atoms with Gasteiger partial charge < -0.3 is 4.42 Å². The van der Waals surface area contributed by atoms with Gasteiger partial charge in [-0.2, -0.15) is 0 Å². The van der Waals surface area contributed by atoms with Crippen molar-refractivity contribution >= 4 is 6.29 Å². The second-order valence-electron chi connectivity index (χ2n) is 4.64. The Kier molecular flexibility index (Phi) is 3.17. The zero-order chi connectivity index (χ0) is 13.9. The van der Waals surface area contributed by atoms with Gasteiger partial charge in [0.25, 0.3) is 0 Å². The van der Waals surface area contributed by atoms with Crippen LogP contribution in [0.15, 0.2) is 59.1 Å². The van der Waals surface area contributed by atoms with Crippen LogP contribution >= 0.6 is 0 Å². The number of carbonyl (C=O) groups is 1. The molecule has 0 atom stereocenters. The Balaban J connectivity index is 1.92. The lowest BCUT2D eigenvalue weighted by atomic mass is 10.1. The van der Waals surface area contributed by atoms with E-state index in [0.29, 0.717) is 11.5 Å². The van der Waals surface area contributed by atoms with Crippen LogP contribution in [0.4, 0.5) is 0 Å². The standard InChI is InChI=1S/C17H13NO2/c1-12-2-6-14(7-3-12)16-10-18-17(20-16)15-8-4-13(11-19)5-9-15/h2-11H,1H3. The minimum absolute atomic E-state index is 0.554. The van der Waals surface area contributed by atoms with Gasteiger partial charge in [0.05, 0.1) is 6.20 Å². The Morgan fingerprint density at radius 2 is 1.60 bits per heavy atom. The molecule has 0 aliphatic carbocycles. The molecule has 0 spiro atoms. The number of hydrogen-bond acceptors (Lipinski definition) is 3. The van der Waals surface area contributed by atoms with E-state index in [4.69, 9.17) is 4.42 Å². The zero-order valence-electron chi connectivity index (χ0n) is 11.0. The summed E-state index contributed by atoms with van der Waals surface area (Å²) in [5.41, 5.74) is 3.70. The van der Waals surface area contributed by atoms with Gasteiger partial charge in [0.15, 0.2) is 5.76 Å². The fourth-order valence-electron chi connectivity index (χ4n) is 1.96. The summed E-state index contributed by atoms with van der Waals surface area (Å²) in [6.07, 6.45) is 2.53. The van der Waals surface area contributed by atoms with Crippen molar-refractivity contribution in [1.29, 1.82) is 0 Å². The van der Waals surface area contributed by atoms with E-state index in [1.165, 1.54) is 5.56 Å². The van der Waals surface area contributed by atoms with Crippen molar-refractivity contribution in [3.05, 3.63) is 65.9 Å². The summed E-state index contributed by atoms with van der Waals surface area (Å²) >= 11 is 0. The predicted octanol–water partition coefficient (Wildman–Crippen LogP) is 4.13. The van der Waals surface area contributed by atoms with E-state index in [0.717, 1.165) is 23.2 Å². The summed E-state index contributed by atoms with van der Waals surface area (Å²) in [5.74, 6) is 1.29. The van der Waals surface area contributed by atoms with E-state index in [-0.39, 0.29) is 0 Å². The number of hydrogen-bond donors (Lipinski definition) is 0. The van der Waals surface area contributed by atoms with E-state index in [2.05, 4.69) is 4.98 Å². The number of nitrogens with zero attached hydrogens (tertiary/aromatic N) is 1. The molecule has 3 aromatic rings. The first kappa shape index (κ1) is 12.4. The second-order valence-corrected chi connectivity index (χ2v) is 4.64. The van der Waals surface area contributed by atoms with Crippen molar-refractivity contribution in [3.8, 4) is 22.8 Å². The molecule has 3 heteroatoms. The average Bonchev–Trinajstić information content (AvgIpc) is 2.98. The third kappa shape index (κ3) is 2.38. The van der Waals surface area contributed by atoms with Gasteiger partial charge in [-0.1, -0.05) is 42.0 Å². The van der Waals surface area contributed by atoms with Crippen LogP contribution in [0, 0.1) is 6.92 Å².